The molecule has 0 aliphatic carbocycles. The summed E-state index contributed by atoms with van der Waals surface area (Å²) in [5.41, 5.74) is 11.5. The summed E-state index contributed by atoms with van der Waals surface area (Å²) < 4.78 is 0. The van der Waals surface area contributed by atoms with Crippen LogP contribution in [0.5, 0.6) is 0 Å². The number of amides is 4. The second-order valence-corrected chi connectivity index (χ2v) is 11.2. The highest BCUT2D eigenvalue weighted by Crippen LogP contribution is 2.42. The molecule has 0 spiro atoms. The minimum atomic E-state index is -1.40. The molecule has 218 valence electrons. The number of carboxylic acids is 1. The molecule has 2 unspecified atom stereocenters. The number of nitrogens with two attached hydrogens (primary N) is 2. The van der Waals surface area contributed by atoms with E-state index in [1.807, 2.05) is 0 Å². The van der Waals surface area contributed by atoms with Crippen molar-refractivity contribution in [1.82, 2.24) is 15.5 Å². The number of likely N-dealkylation sites (N-methyl/N-ethyl adjacent to an activating group) is 1. The first-order chi connectivity index (χ1) is 19.6. The molecule has 2 aromatic rings. The molecule has 2 aromatic carbocycles. The molecule has 1 heterocycles. The number of aliphatic imine (C=N–C) groups is 1. The molecule has 0 bridgehead atoms. The van der Waals surface area contributed by atoms with Gasteiger partial charge in [-0.25, -0.2) is 0 Å². The Morgan fingerprint density at radius 3 is 2.39 bits per heavy atom. The van der Waals surface area contributed by atoms with Gasteiger partial charge >= 0.3 is 5.97 Å². The molecule has 0 saturated carbocycles. The van der Waals surface area contributed by atoms with Gasteiger partial charge in [0.05, 0.1) is 24.2 Å². The van der Waals surface area contributed by atoms with Gasteiger partial charge in [0.15, 0.2) is 5.96 Å². The lowest BCUT2D eigenvalue weighted by molar-refractivity contribution is -0.140. The predicted molar refractivity (Wildman–Crippen MR) is 156 cm³/mol. The van der Waals surface area contributed by atoms with Crippen LogP contribution >= 0.6 is 21.6 Å². The number of benzene rings is 2. The molecular formula is C26H31N7O6S2. The van der Waals surface area contributed by atoms with Gasteiger partial charge in [-0.3, -0.25) is 29.0 Å². The van der Waals surface area contributed by atoms with Gasteiger partial charge in [0, 0.05) is 23.4 Å². The van der Waals surface area contributed by atoms with E-state index in [4.69, 9.17) is 11.5 Å². The van der Waals surface area contributed by atoms with Gasteiger partial charge < -0.3 is 37.4 Å². The summed E-state index contributed by atoms with van der Waals surface area (Å²) in [6, 6.07) is 11.4. The van der Waals surface area contributed by atoms with Crippen molar-refractivity contribution in [2.45, 2.75) is 41.1 Å². The minimum absolute atomic E-state index is 0.102. The summed E-state index contributed by atoms with van der Waals surface area (Å²) in [4.78, 5) is 70.5. The second kappa shape index (κ2) is 14.9. The first kappa shape index (κ1) is 31.3. The van der Waals surface area contributed by atoms with Crippen LogP contribution in [0.4, 0.5) is 5.69 Å². The quantitative estimate of drug-likeness (QED) is 0.120. The van der Waals surface area contributed by atoms with Crippen molar-refractivity contribution in [2.75, 3.05) is 25.5 Å². The Hall–Kier alpha value is -4.24. The van der Waals surface area contributed by atoms with E-state index in [-0.39, 0.29) is 18.9 Å². The third kappa shape index (κ3) is 9.14. The summed E-state index contributed by atoms with van der Waals surface area (Å²) in [6.45, 7) is -0.323. The zero-order valence-electron chi connectivity index (χ0n) is 22.2. The van der Waals surface area contributed by atoms with E-state index in [1.54, 1.807) is 48.5 Å². The molecule has 3 rings (SSSR count). The van der Waals surface area contributed by atoms with Crippen LogP contribution in [-0.2, 0) is 19.2 Å². The van der Waals surface area contributed by atoms with Gasteiger partial charge in [-0.05, 0) is 37.1 Å². The molecule has 1 aliphatic heterocycles. The van der Waals surface area contributed by atoms with Crippen LogP contribution in [0, 0.1) is 0 Å². The Kier molecular flexibility index (Phi) is 11.4. The van der Waals surface area contributed by atoms with Crippen LogP contribution in [0.3, 0.4) is 0 Å². The zero-order valence-corrected chi connectivity index (χ0v) is 23.8. The lowest BCUT2D eigenvalue weighted by Crippen LogP contribution is -2.52. The molecule has 0 fully saturated rings. The van der Waals surface area contributed by atoms with E-state index in [1.165, 1.54) is 33.5 Å². The molecule has 2 atom stereocenters. The number of hydrogen-bond donors (Lipinski definition) is 6. The molecule has 8 N–H and O–H groups in total. The predicted octanol–water partition coefficient (Wildman–Crippen LogP) is 1.01. The molecule has 0 radical (unpaired) electrons. The number of nitrogens with one attached hydrogen (secondary N) is 3. The van der Waals surface area contributed by atoms with Crippen molar-refractivity contribution in [3.8, 4) is 0 Å². The van der Waals surface area contributed by atoms with Crippen LogP contribution in [0.25, 0.3) is 0 Å². The van der Waals surface area contributed by atoms with Crippen molar-refractivity contribution in [2.24, 2.45) is 16.5 Å². The zero-order chi connectivity index (χ0) is 29.9. The van der Waals surface area contributed by atoms with Crippen molar-refractivity contribution in [1.29, 1.82) is 0 Å². The number of para-hydroxylation sites is 1. The molecule has 0 saturated heterocycles. The summed E-state index contributed by atoms with van der Waals surface area (Å²) in [5.74, 6) is -3.93. The Morgan fingerprint density at radius 1 is 1.02 bits per heavy atom. The van der Waals surface area contributed by atoms with E-state index >= 15 is 0 Å². The monoisotopic (exact) mass is 601 g/mol. The minimum Gasteiger partial charge on any atom is -0.481 e. The first-order valence-corrected chi connectivity index (χ1v) is 14.7. The Bertz CT molecular complexity index is 1330. The van der Waals surface area contributed by atoms with E-state index in [0.29, 0.717) is 27.5 Å². The Labute approximate surface area is 244 Å². The summed E-state index contributed by atoms with van der Waals surface area (Å²) in [7, 11) is 4.06. The molecular weight excluding hydrogens is 570 g/mol. The van der Waals surface area contributed by atoms with Crippen LogP contribution < -0.4 is 27.4 Å². The second-order valence-electron chi connectivity index (χ2n) is 8.96. The third-order valence-electron chi connectivity index (χ3n) is 5.96. The molecule has 41 heavy (non-hydrogen) atoms. The summed E-state index contributed by atoms with van der Waals surface area (Å²) >= 11 is 0. The number of rotatable bonds is 6. The molecule has 1 aliphatic rings. The molecule has 15 heteroatoms. The van der Waals surface area contributed by atoms with E-state index in [0.717, 1.165) is 0 Å². The van der Waals surface area contributed by atoms with E-state index < -0.39 is 54.6 Å². The van der Waals surface area contributed by atoms with Gasteiger partial charge in [-0.1, -0.05) is 45.9 Å². The van der Waals surface area contributed by atoms with Gasteiger partial charge in [0.1, 0.15) is 12.1 Å². The topological polar surface area (TPSA) is 209 Å². The first-order valence-electron chi connectivity index (χ1n) is 12.5. The van der Waals surface area contributed by atoms with Gasteiger partial charge in [0.2, 0.25) is 17.7 Å². The fourth-order valence-corrected chi connectivity index (χ4v) is 6.22. The van der Waals surface area contributed by atoms with Gasteiger partial charge in [0.25, 0.3) is 5.91 Å². The highest BCUT2D eigenvalue weighted by Gasteiger charge is 2.30. The Balaban J connectivity index is 1.99. The third-order valence-corrected chi connectivity index (χ3v) is 8.44. The van der Waals surface area contributed by atoms with Crippen molar-refractivity contribution in [3.05, 3.63) is 54.1 Å². The summed E-state index contributed by atoms with van der Waals surface area (Å²) in [6.07, 6.45) is -0.120. The highest BCUT2D eigenvalue weighted by molar-refractivity contribution is 8.76. The number of carboxylic acid groups (broad SMARTS) is 1. The van der Waals surface area contributed by atoms with Crippen LogP contribution in [-0.4, -0.2) is 77.8 Å². The molecule has 4 amide bonds. The summed E-state index contributed by atoms with van der Waals surface area (Å²) in [5, 5.41) is 16.9. The lowest BCUT2D eigenvalue weighted by Gasteiger charge is -2.28. The number of fused-ring (bicyclic) bond motifs is 2. The van der Waals surface area contributed by atoms with E-state index in [2.05, 4.69) is 20.9 Å². The average Bonchev–Trinajstić information content (AvgIpc) is 2.93. The van der Waals surface area contributed by atoms with Gasteiger partial charge in [-0.15, -0.1) is 0 Å². The van der Waals surface area contributed by atoms with Crippen LogP contribution in [0.2, 0.25) is 0 Å². The number of anilines is 1. The average molecular weight is 602 g/mol. The van der Waals surface area contributed by atoms with Crippen molar-refractivity contribution < 1.29 is 29.1 Å². The van der Waals surface area contributed by atoms with Gasteiger partial charge in [-0.2, -0.15) is 0 Å². The number of carbonyl (C=O) groups is 5. The maximum absolute atomic E-state index is 13.6. The normalized spacial score (nSPS) is 18.6. The fraction of sp³-hybridized carbons (Fsp3) is 0.308. The largest absolute Gasteiger partial charge is 0.481 e. The maximum Gasteiger partial charge on any atom is 0.305 e. The van der Waals surface area contributed by atoms with Crippen LogP contribution in [0.15, 0.2) is 63.3 Å². The number of carbonyl (C=O) groups excluding carboxylic acids is 4. The Morgan fingerprint density at radius 2 is 1.68 bits per heavy atom. The SMILES string of the molecule is CN1C(=O)c2ccccc2SSc2ccccc2NC(=O)C(CC(=O)O)NC(=O)CNC(=O)C1CCCN=C(N)N. The number of aliphatic carboxylic acids is 1. The van der Waals surface area contributed by atoms with Crippen LogP contribution in [0.1, 0.15) is 29.6 Å². The fourth-order valence-electron chi connectivity index (χ4n) is 3.91. The molecule has 13 nitrogen and oxygen atoms in total. The van der Waals surface area contributed by atoms with Crippen molar-refractivity contribution >= 4 is 62.8 Å². The molecule has 0 aromatic heterocycles. The lowest BCUT2D eigenvalue weighted by atomic mass is 10.1. The van der Waals surface area contributed by atoms with E-state index in [9.17, 15) is 29.1 Å². The maximum atomic E-state index is 13.6. The standard InChI is InChI=1S/C26H31N7O6S2/c1-33-18(9-6-12-29-26(27)28)24(38)30-14-21(34)31-17(13-22(35)36)23(37)32-16-8-3-5-11-20(16)41-40-19-10-4-2-7-15(19)25(33)39/h2-5,7-8,10-11,17-18H,6,9,12-14H2,1H3,(H,30,38)(H,31,34)(H,32,37)(H,35,36)(H4,27,28,29). The number of hydrogen-bond acceptors (Lipinski definition) is 8. The smallest absolute Gasteiger partial charge is 0.305 e. The number of guanidine groups is 1. The van der Waals surface area contributed by atoms with Crippen molar-refractivity contribution in [3.63, 3.8) is 0 Å². The highest BCUT2D eigenvalue weighted by atomic mass is 33.1. The number of nitrogens with zero attached hydrogens (tertiary/aromatic N) is 2.